The SMILES string of the molecule is Fc1ccc(OCC2CCC(CCl)CC2)cc1F. The Labute approximate surface area is 111 Å². The van der Waals surface area contributed by atoms with E-state index >= 15 is 0 Å². The van der Waals surface area contributed by atoms with Gasteiger partial charge >= 0.3 is 0 Å². The maximum absolute atomic E-state index is 13.0. The van der Waals surface area contributed by atoms with E-state index in [0.717, 1.165) is 43.7 Å². The third-order valence-corrected chi connectivity index (χ3v) is 4.00. The Balaban J connectivity index is 1.79. The van der Waals surface area contributed by atoms with Gasteiger partial charge in [0.15, 0.2) is 11.6 Å². The molecule has 1 saturated carbocycles. The average molecular weight is 275 g/mol. The van der Waals surface area contributed by atoms with Crippen LogP contribution in [-0.2, 0) is 0 Å². The van der Waals surface area contributed by atoms with E-state index in [4.69, 9.17) is 16.3 Å². The van der Waals surface area contributed by atoms with Crippen molar-refractivity contribution >= 4 is 11.6 Å². The molecule has 0 radical (unpaired) electrons. The first kappa shape index (κ1) is 13.6. The molecule has 1 aliphatic rings. The first-order chi connectivity index (χ1) is 8.69. The van der Waals surface area contributed by atoms with Gasteiger partial charge in [-0.3, -0.25) is 0 Å². The summed E-state index contributed by atoms with van der Waals surface area (Å²) in [5.41, 5.74) is 0. The van der Waals surface area contributed by atoms with Gasteiger partial charge in [0.25, 0.3) is 0 Å². The highest BCUT2D eigenvalue weighted by molar-refractivity contribution is 6.18. The molecule has 1 aromatic rings. The fraction of sp³-hybridized carbons (Fsp3) is 0.571. The maximum atomic E-state index is 13.0. The maximum Gasteiger partial charge on any atom is 0.162 e. The van der Waals surface area contributed by atoms with Crippen molar-refractivity contribution in [2.75, 3.05) is 12.5 Å². The van der Waals surface area contributed by atoms with Crippen molar-refractivity contribution in [1.29, 1.82) is 0 Å². The lowest BCUT2D eigenvalue weighted by molar-refractivity contribution is 0.188. The molecule has 0 bridgehead atoms. The summed E-state index contributed by atoms with van der Waals surface area (Å²) in [5.74, 6) is 0.553. The molecule has 0 atom stereocenters. The lowest BCUT2D eigenvalue weighted by atomic mass is 9.83. The molecule has 0 saturated heterocycles. The van der Waals surface area contributed by atoms with Gasteiger partial charge < -0.3 is 4.74 Å². The summed E-state index contributed by atoms with van der Waals surface area (Å²) < 4.78 is 31.2. The Bertz CT molecular complexity index is 389. The fourth-order valence-corrected chi connectivity index (χ4v) is 2.64. The quantitative estimate of drug-likeness (QED) is 0.740. The number of hydrogen-bond donors (Lipinski definition) is 0. The summed E-state index contributed by atoms with van der Waals surface area (Å²) in [4.78, 5) is 0. The van der Waals surface area contributed by atoms with Gasteiger partial charge in [0.05, 0.1) is 6.61 Å². The minimum absolute atomic E-state index is 0.397. The molecule has 1 fully saturated rings. The van der Waals surface area contributed by atoms with Crippen LogP contribution >= 0.6 is 11.6 Å². The van der Waals surface area contributed by atoms with Crippen molar-refractivity contribution < 1.29 is 13.5 Å². The van der Waals surface area contributed by atoms with Crippen LogP contribution in [-0.4, -0.2) is 12.5 Å². The zero-order valence-electron chi connectivity index (χ0n) is 10.2. The number of benzene rings is 1. The van der Waals surface area contributed by atoms with Gasteiger partial charge in [-0.15, -0.1) is 11.6 Å². The number of alkyl halides is 1. The van der Waals surface area contributed by atoms with Crippen molar-refractivity contribution in [3.63, 3.8) is 0 Å². The van der Waals surface area contributed by atoms with Crippen molar-refractivity contribution in [1.82, 2.24) is 0 Å². The van der Waals surface area contributed by atoms with Gasteiger partial charge in [-0.25, -0.2) is 8.78 Å². The predicted molar refractivity (Wildman–Crippen MR) is 68.0 cm³/mol. The average Bonchev–Trinajstić information content (AvgIpc) is 2.41. The number of hydrogen-bond acceptors (Lipinski definition) is 1. The van der Waals surface area contributed by atoms with E-state index in [9.17, 15) is 8.78 Å². The van der Waals surface area contributed by atoms with Crippen LogP contribution < -0.4 is 4.74 Å². The second-order valence-electron chi connectivity index (χ2n) is 4.93. The van der Waals surface area contributed by atoms with E-state index in [2.05, 4.69) is 0 Å². The number of ether oxygens (including phenoxy) is 1. The van der Waals surface area contributed by atoms with E-state index < -0.39 is 11.6 Å². The highest BCUT2D eigenvalue weighted by Gasteiger charge is 2.21. The van der Waals surface area contributed by atoms with Crippen LogP contribution in [0.5, 0.6) is 5.75 Å². The van der Waals surface area contributed by atoms with E-state index in [0.29, 0.717) is 24.2 Å². The van der Waals surface area contributed by atoms with Crippen LogP contribution in [0.15, 0.2) is 18.2 Å². The van der Waals surface area contributed by atoms with Crippen molar-refractivity contribution in [3.8, 4) is 5.75 Å². The van der Waals surface area contributed by atoms with Gasteiger partial charge in [-0.2, -0.15) is 0 Å². The molecule has 18 heavy (non-hydrogen) atoms. The normalized spacial score (nSPS) is 23.9. The van der Waals surface area contributed by atoms with Gasteiger partial charge in [-0.05, 0) is 49.7 Å². The standard InChI is InChI=1S/C14H17ClF2O/c15-8-10-1-3-11(4-2-10)9-18-12-5-6-13(16)14(17)7-12/h5-7,10-11H,1-4,8-9H2. The van der Waals surface area contributed by atoms with Crippen LogP contribution in [0.3, 0.4) is 0 Å². The Morgan fingerprint density at radius 3 is 2.33 bits per heavy atom. The van der Waals surface area contributed by atoms with Crippen LogP contribution in [0.4, 0.5) is 8.78 Å². The molecule has 0 N–H and O–H groups in total. The molecule has 0 aliphatic heterocycles. The second-order valence-corrected chi connectivity index (χ2v) is 5.24. The fourth-order valence-electron chi connectivity index (χ4n) is 2.33. The van der Waals surface area contributed by atoms with E-state index in [1.807, 2.05) is 0 Å². The Morgan fingerprint density at radius 2 is 1.72 bits per heavy atom. The zero-order chi connectivity index (χ0) is 13.0. The third kappa shape index (κ3) is 3.58. The number of halogens is 3. The number of rotatable bonds is 4. The molecule has 0 amide bonds. The van der Waals surface area contributed by atoms with E-state index in [1.165, 1.54) is 6.07 Å². The molecule has 1 nitrogen and oxygen atoms in total. The highest BCUT2D eigenvalue weighted by atomic mass is 35.5. The highest BCUT2D eigenvalue weighted by Crippen LogP contribution is 2.30. The molecule has 1 aromatic carbocycles. The summed E-state index contributed by atoms with van der Waals surface area (Å²) in [5, 5.41) is 0. The molecule has 2 rings (SSSR count). The lowest BCUT2D eigenvalue weighted by Crippen LogP contribution is -2.20. The van der Waals surface area contributed by atoms with Crippen molar-refractivity contribution in [2.24, 2.45) is 11.8 Å². The predicted octanol–water partition coefficient (Wildman–Crippen LogP) is 4.39. The monoisotopic (exact) mass is 274 g/mol. The summed E-state index contributed by atoms with van der Waals surface area (Å²) in [6.45, 7) is 0.570. The van der Waals surface area contributed by atoms with Gasteiger partial charge in [0.2, 0.25) is 0 Å². The van der Waals surface area contributed by atoms with Gasteiger partial charge in [0.1, 0.15) is 5.75 Å². The van der Waals surface area contributed by atoms with Crippen LogP contribution in [0.2, 0.25) is 0 Å². The summed E-state index contributed by atoms with van der Waals surface area (Å²) in [7, 11) is 0. The Hall–Kier alpha value is -0.830. The van der Waals surface area contributed by atoms with Crippen molar-refractivity contribution in [3.05, 3.63) is 29.8 Å². The molecular weight excluding hydrogens is 258 g/mol. The Kier molecular flexibility index (Phi) is 4.81. The van der Waals surface area contributed by atoms with E-state index in [1.54, 1.807) is 0 Å². The summed E-state index contributed by atoms with van der Waals surface area (Å²) >= 11 is 5.82. The topological polar surface area (TPSA) is 9.23 Å². The van der Waals surface area contributed by atoms with Crippen LogP contribution in [0, 0.1) is 23.5 Å². The minimum Gasteiger partial charge on any atom is -0.493 e. The first-order valence-electron chi connectivity index (χ1n) is 6.33. The minimum atomic E-state index is -0.863. The van der Waals surface area contributed by atoms with Gasteiger partial charge in [-0.1, -0.05) is 0 Å². The summed E-state index contributed by atoms with van der Waals surface area (Å²) in [6, 6.07) is 3.65. The smallest absolute Gasteiger partial charge is 0.162 e. The molecule has 4 heteroatoms. The largest absolute Gasteiger partial charge is 0.493 e. The molecule has 0 unspecified atom stereocenters. The molecule has 1 aliphatic carbocycles. The third-order valence-electron chi connectivity index (χ3n) is 3.56. The molecule has 100 valence electrons. The Morgan fingerprint density at radius 1 is 1.06 bits per heavy atom. The van der Waals surface area contributed by atoms with E-state index in [-0.39, 0.29) is 0 Å². The van der Waals surface area contributed by atoms with Gasteiger partial charge in [0, 0.05) is 11.9 Å². The summed E-state index contributed by atoms with van der Waals surface area (Å²) in [6.07, 6.45) is 4.47. The second kappa shape index (κ2) is 6.37. The molecule has 0 aromatic heterocycles. The first-order valence-corrected chi connectivity index (χ1v) is 6.86. The zero-order valence-corrected chi connectivity index (χ0v) is 10.9. The lowest BCUT2D eigenvalue weighted by Gasteiger charge is -2.27. The molecule has 0 spiro atoms. The molecular formula is C14H17ClF2O. The van der Waals surface area contributed by atoms with Crippen LogP contribution in [0.1, 0.15) is 25.7 Å². The van der Waals surface area contributed by atoms with Crippen LogP contribution in [0.25, 0.3) is 0 Å². The molecule has 0 heterocycles. The van der Waals surface area contributed by atoms with Crippen molar-refractivity contribution in [2.45, 2.75) is 25.7 Å².